The molecule has 0 radical (unpaired) electrons. The highest BCUT2D eigenvalue weighted by Crippen LogP contribution is 2.24. The predicted octanol–water partition coefficient (Wildman–Crippen LogP) is 4.02. The molecule has 0 saturated heterocycles. The average Bonchev–Trinajstić information content (AvgIpc) is 2.35. The molecule has 1 heteroatoms. The lowest BCUT2D eigenvalue weighted by Gasteiger charge is -2.19. The van der Waals surface area contributed by atoms with E-state index in [-0.39, 0.29) is 0 Å². The first-order valence-electron chi connectivity index (χ1n) is 6.65. The van der Waals surface area contributed by atoms with E-state index in [4.69, 9.17) is 0 Å². The molecule has 1 heterocycles. The zero-order chi connectivity index (χ0) is 11.4. The molecule has 0 spiro atoms. The van der Waals surface area contributed by atoms with E-state index in [1.807, 2.05) is 0 Å². The van der Waals surface area contributed by atoms with Crippen molar-refractivity contribution in [3.8, 4) is 0 Å². The van der Waals surface area contributed by atoms with Crippen molar-refractivity contribution in [3.63, 3.8) is 0 Å². The molecular weight excluding hydrogens is 194 g/mol. The quantitative estimate of drug-likeness (QED) is 0.803. The fourth-order valence-electron chi connectivity index (χ4n) is 2.30. The van der Waals surface area contributed by atoms with Crippen LogP contribution in [0.3, 0.4) is 0 Å². The van der Waals surface area contributed by atoms with Gasteiger partial charge in [0.05, 0.1) is 0 Å². The van der Waals surface area contributed by atoms with Gasteiger partial charge in [-0.25, -0.2) is 0 Å². The van der Waals surface area contributed by atoms with E-state index in [0.29, 0.717) is 0 Å². The summed E-state index contributed by atoms with van der Waals surface area (Å²) < 4.78 is 0. The van der Waals surface area contributed by atoms with E-state index in [2.05, 4.69) is 37.4 Å². The summed E-state index contributed by atoms with van der Waals surface area (Å²) in [4.78, 5) is 0. The summed E-state index contributed by atoms with van der Waals surface area (Å²) in [7, 11) is 0. The number of nitrogens with one attached hydrogen (secondary N) is 1. The van der Waals surface area contributed by atoms with Gasteiger partial charge in [-0.15, -0.1) is 0 Å². The molecule has 0 amide bonds. The van der Waals surface area contributed by atoms with Crippen LogP contribution in [0.25, 0.3) is 0 Å². The number of rotatable bonds is 4. The van der Waals surface area contributed by atoms with Crippen LogP contribution in [0.5, 0.6) is 0 Å². The number of anilines is 1. The molecule has 0 bridgehead atoms. The molecule has 0 saturated carbocycles. The van der Waals surface area contributed by atoms with Crippen LogP contribution in [0.1, 0.15) is 44.2 Å². The molecule has 16 heavy (non-hydrogen) atoms. The molecule has 1 N–H and O–H groups in total. The van der Waals surface area contributed by atoms with Gasteiger partial charge in [0, 0.05) is 12.2 Å². The van der Waals surface area contributed by atoms with E-state index < -0.39 is 0 Å². The molecule has 1 atom stereocenters. The van der Waals surface area contributed by atoms with Crippen molar-refractivity contribution in [1.29, 1.82) is 0 Å². The zero-order valence-electron chi connectivity index (χ0n) is 10.6. The van der Waals surface area contributed by atoms with E-state index in [1.54, 1.807) is 0 Å². The van der Waals surface area contributed by atoms with E-state index in [0.717, 1.165) is 12.5 Å². The number of hydrogen-bond acceptors (Lipinski definition) is 1. The Labute approximate surface area is 99.3 Å². The molecule has 2 rings (SSSR count). The summed E-state index contributed by atoms with van der Waals surface area (Å²) in [6.07, 6.45) is 6.39. The van der Waals surface area contributed by atoms with Crippen LogP contribution < -0.4 is 5.32 Å². The molecule has 1 aliphatic rings. The Morgan fingerprint density at radius 3 is 3.06 bits per heavy atom. The van der Waals surface area contributed by atoms with Crippen molar-refractivity contribution in [1.82, 2.24) is 0 Å². The van der Waals surface area contributed by atoms with Crippen LogP contribution in [0.4, 0.5) is 5.69 Å². The van der Waals surface area contributed by atoms with Crippen molar-refractivity contribution in [2.75, 3.05) is 11.9 Å². The summed E-state index contributed by atoms with van der Waals surface area (Å²) in [5.41, 5.74) is 4.40. The van der Waals surface area contributed by atoms with Gasteiger partial charge < -0.3 is 5.32 Å². The molecule has 1 aliphatic heterocycles. The van der Waals surface area contributed by atoms with Crippen LogP contribution in [-0.2, 0) is 12.8 Å². The zero-order valence-corrected chi connectivity index (χ0v) is 10.6. The first-order chi connectivity index (χ1) is 7.79. The minimum Gasteiger partial charge on any atom is -0.385 e. The SMILES string of the molecule is CCC(C)CCc1ccc2c(c1)CCCN2. The molecule has 1 aromatic carbocycles. The lowest BCUT2D eigenvalue weighted by Crippen LogP contribution is -2.11. The Kier molecular flexibility index (Phi) is 3.87. The highest BCUT2D eigenvalue weighted by atomic mass is 14.9. The number of benzene rings is 1. The monoisotopic (exact) mass is 217 g/mol. The highest BCUT2D eigenvalue weighted by Gasteiger charge is 2.09. The lowest BCUT2D eigenvalue weighted by molar-refractivity contribution is 0.516. The Bertz CT molecular complexity index is 343. The van der Waals surface area contributed by atoms with Crippen LogP contribution in [0, 0.1) is 5.92 Å². The summed E-state index contributed by atoms with van der Waals surface area (Å²) in [5, 5.41) is 3.47. The van der Waals surface area contributed by atoms with Crippen molar-refractivity contribution in [3.05, 3.63) is 29.3 Å². The maximum absolute atomic E-state index is 3.47. The van der Waals surface area contributed by atoms with Crippen LogP contribution in [0.15, 0.2) is 18.2 Å². The smallest absolute Gasteiger partial charge is 0.0372 e. The minimum atomic E-state index is 0.856. The summed E-state index contributed by atoms with van der Waals surface area (Å²) in [5.74, 6) is 0.856. The van der Waals surface area contributed by atoms with Gasteiger partial charge in [-0.3, -0.25) is 0 Å². The van der Waals surface area contributed by atoms with Crippen molar-refractivity contribution < 1.29 is 0 Å². The Balaban J connectivity index is 2.00. The standard InChI is InChI=1S/C15H23N/c1-3-12(2)6-7-13-8-9-15-14(11-13)5-4-10-16-15/h8-9,11-12,16H,3-7,10H2,1-2H3. The molecule has 88 valence electrons. The van der Waals surface area contributed by atoms with Crippen molar-refractivity contribution in [2.45, 2.75) is 46.0 Å². The van der Waals surface area contributed by atoms with Crippen LogP contribution in [-0.4, -0.2) is 6.54 Å². The van der Waals surface area contributed by atoms with E-state index in [9.17, 15) is 0 Å². The maximum atomic E-state index is 3.47. The predicted molar refractivity (Wildman–Crippen MR) is 71.0 cm³/mol. The lowest BCUT2D eigenvalue weighted by atomic mass is 9.95. The van der Waals surface area contributed by atoms with Gasteiger partial charge in [0.1, 0.15) is 0 Å². The van der Waals surface area contributed by atoms with Gasteiger partial charge in [0.25, 0.3) is 0 Å². The third-order valence-electron chi connectivity index (χ3n) is 3.73. The Morgan fingerprint density at radius 2 is 2.25 bits per heavy atom. The summed E-state index contributed by atoms with van der Waals surface area (Å²) in [6.45, 7) is 5.76. The van der Waals surface area contributed by atoms with Gasteiger partial charge in [-0.2, -0.15) is 0 Å². The molecule has 1 nitrogen and oxygen atoms in total. The maximum Gasteiger partial charge on any atom is 0.0372 e. The van der Waals surface area contributed by atoms with Gasteiger partial charge in [0.15, 0.2) is 0 Å². The largest absolute Gasteiger partial charge is 0.385 e. The first-order valence-corrected chi connectivity index (χ1v) is 6.65. The minimum absolute atomic E-state index is 0.856. The Morgan fingerprint density at radius 1 is 1.38 bits per heavy atom. The molecule has 0 aromatic heterocycles. The fraction of sp³-hybridized carbons (Fsp3) is 0.600. The summed E-state index contributed by atoms with van der Waals surface area (Å²) >= 11 is 0. The highest BCUT2D eigenvalue weighted by molar-refractivity contribution is 5.54. The van der Waals surface area contributed by atoms with Crippen molar-refractivity contribution >= 4 is 5.69 Å². The second-order valence-corrected chi connectivity index (χ2v) is 5.07. The third kappa shape index (κ3) is 2.78. The first kappa shape index (κ1) is 11.5. The number of aryl methyl sites for hydroxylation is 2. The number of hydrogen-bond donors (Lipinski definition) is 1. The summed E-state index contributed by atoms with van der Waals surface area (Å²) in [6, 6.07) is 6.96. The van der Waals surface area contributed by atoms with Crippen LogP contribution in [0.2, 0.25) is 0 Å². The van der Waals surface area contributed by atoms with E-state index in [1.165, 1.54) is 48.9 Å². The van der Waals surface area contributed by atoms with Gasteiger partial charge >= 0.3 is 0 Å². The van der Waals surface area contributed by atoms with Gasteiger partial charge in [-0.1, -0.05) is 32.4 Å². The van der Waals surface area contributed by atoms with E-state index >= 15 is 0 Å². The molecule has 1 unspecified atom stereocenters. The molecule has 1 aromatic rings. The average molecular weight is 217 g/mol. The number of fused-ring (bicyclic) bond motifs is 1. The topological polar surface area (TPSA) is 12.0 Å². The second kappa shape index (κ2) is 5.38. The van der Waals surface area contributed by atoms with Crippen molar-refractivity contribution in [2.24, 2.45) is 5.92 Å². The van der Waals surface area contributed by atoms with Gasteiger partial charge in [0.2, 0.25) is 0 Å². The molecular formula is C15H23N. The van der Waals surface area contributed by atoms with Gasteiger partial charge in [-0.05, 0) is 48.8 Å². The normalized spacial score (nSPS) is 16.4. The molecule has 0 fully saturated rings. The Hall–Kier alpha value is -0.980. The van der Waals surface area contributed by atoms with Crippen LogP contribution >= 0.6 is 0 Å². The second-order valence-electron chi connectivity index (χ2n) is 5.07. The third-order valence-corrected chi connectivity index (χ3v) is 3.73. The fourth-order valence-corrected chi connectivity index (χ4v) is 2.30. The molecule has 0 aliphatic carbocycles.